The van der Waals surface area contributed by atoms with Gasteiger partial charge < -0.3 is 14.2 Å². The number of rotatable bonds is 45. The van der Waals surface area contributed by atoms with E-state index in [4.69, 9.17) is 14.2 Å². The van der Waals surface area contributed by atoms with Gasteiger partial charge in [-0.15, -0.1) is 0 Å². The Morgan fingerprint density at radius 1 is 0.350 bits per heavy atom. The van der Waals surface area contributed by atoms with Gasteiger partial charge in [0, 0.05) is 19.3 Å². The summed E-state index contributed by atoms with van der Waals surface area (Å²) in [7, 11) is 0. The van der Waals surface area contributed by atoms with Crippen LogP contribution in [0.3, 0.4) is 0 Å². The van der Waals surface area contributed by atoms with Gasteiger partial charge in [-0.1, -0.05) is 223 Å². The molecule has 0 saturated heterocycles. The van der Waals surface area contributed by atoms with Crippen LogP contribution >= 0.6 is 0 Å². The van der Waals surface area contributed by atoms with Gasteiger partial charge >= 0.3 is 17.9 Å². The van der Waals surface area contributed by atoms with Crippen molar-refractivity contribution >= 4 is 17.9 Å². The summed E-state index contributed by atoms with van der Waals surface area (Å²) < 4.78 is 16.7. The van der Waals surface area contributed by atoms with Gasteiger partial charge in [0.05, 0.1) is 0 Å². The summed E-state index contributed by atoms with van der Waals surface area (Å²) in [5.41, 5.74) is 0. The Morgan fingerprint density at radius 2 is 0.667 bits per heavy atom. The van der Waals surface area contributed by atoms with E-state index in [2.05, 4.69) is 45.1 Å². The fourth-order valence-corrected chi connectivity index (χ4v) is 7.04. The highest BCUT2D eigenvalue weighted by Gasteiger charge is 2.19. The molecule has 0 heterocycles. The average molecular weight is 839 g/mol. The van der Waals surface area contributed by atoms with Gasteiger partial charge in [0.25, 0.3) is 0 Å². The fraction of sp³-hybridized carbons (Fsp3) is 0.759. The van der Waals surface area contributed by atoms with Crippen LogP contribution in [0, 0.1) is 0 Å². The predicted molar refractivity (Wildman–Crippen MR) is 256 cm³/mol. The lowest BCUT2D eigenvalue weighted by Gasteiger charge is -2.18. The molecule has 1 unspecified atom stereocenters. The lowest BCUT2D eigenvalue weighted by Crippen LogP contribution is -2.30. The molecule has 0 amide bonds. The molecule has 346 valence electrons. The molecule has 0 aromatic rings. The molecule has 0 aromatic heterocycles. The van der Waals surface area contributed by atoms with E-state index in [1.807, 2.05) is 36.5 Å². The molecule has 0 N–H and O–H groups in total. The molecule has 0 spiro atoms. The number of carbonyl (C=O) groups excluding carboxylic acids is 3. The first kappa shape index (κ1) is 57.1. The highest BCUT2D eigenvalue weighted by Crippen LogP contribution is 2.15. The monoisotopic (exact) mass is 839 g/mol. The zero-order chi connectivity index (χ0) is 43.7. The molecule has 0 fully saturated rings. The van der Waals surface area contributed by atoms with Crippen LogP contribution in [-0.4, -0.2) is 37.2 Å². The number of allylic oxidation sites excluding steroid dienone is 10. The highest BCUT2D eigenvalue weighted by atomic mass is 16.6. The van der Waals surface area contributed by atoms with Crippen LogP contribution in [0.25, 0.3) is 0 Å². The van der Waals surface area contributed by atoms with Crippen molar-refractivity contribution in [1.29, 1.82) is 0 Å². The number of hydrogen-bond acceptors (Lipinski definition) is 6. The second kappa shape index (κ2) is 48.8. The summed E-state index contributed by atoms with van der Waals surface area (Å²) in [6.07, 6.45) is 59.3. The number of unbranched alkanes of at least 4 members (excludes halogenated alkanes) is 27. The minimum Gasteiger partial charge on any atom is -0.462 e. The van der Waals surface area contributed by atoms with E-state index in [1.54, 1.807) is 0 Å². The molecule has 0 bridgehead atoms. The zero-order valence-electron chi connectivity index (χ0n) is 39.5. The van der Waals surface area contributed by atoms with Crippen LogP contribution in [0.15, 0.2) is 60.8 Å². The Labute approximate surface area is 370 Å². The maximum Gasteiger partial charge on any atom is 0.306 e. The van der Waals surface area contributed by atoms with Crippen LogP contribution in [0.1, 0.15) is 245 Å². The molecule has 6 nitrogen and oxygen atoms in total. The molecule has 0 aliphatic carbocycles. The molecule has 0 radical (unpaired) electrons. The van der Waals surface area contributed by atoms with Gasteiger partial charge in [0.1, 0.15) is 13.2 Å². The lowest BCUT2D eigenvalue weighted by molar-refractivity contribution is -0.167. The van der Waals surface area contributed by atoms with E-state index >= 15 is 0 Å². The zero-order valence-corrected chi connectivity index (χ0v) is 39.5. The SMILES string of the molecule is CC\C=C/C=C\C=C/C=C\CCCCCC(=O)OC(COC(=O)CCCCCCCCC/C=C\CCCCCCCCCC)COC(=O)CCCCCCCCCCCC. The summed E-state index contributed by atoms with van der Waals surface area (Å²) in [6, 6.07) is 0. The molecule has 60 heavy (non-hydrogen) atoms. The number of esters is 3. The Morgan fingerprint density at radius 3 is 1.08 bits per heavy atom. The van der Waals surface area contributed by atoms with Gasteiger partial charge in [0.2, 0.25) is 0 Å². The minimum absolute atomic E-state index is 0.0902. The normalized spacial score (nSPS) is 12.5. The van der Waals surface area contributed by atoms with Crippen molar-refractivity contribution in [3.63, 3.8) is 0 Å². The second-order valence-electron chi connectivity index (χ2n) is 16.8. The van der Waals surface area contributed by atoms with Crippen LogP contribution < -0.4 is 0 Å². The molecule has 0 rings (SSSR count). The lowest BCUT2D eigenvalue weighted by atomic mass is 10.1. The quantitative estimate of drug-likeness (QED) is 0.0200. The Kier molecular flexibility index (Phi) is 46.4. The number of ether oxygens (including phenoxy) is 3. The Bertz CT molecular complexity index is 1100. The van der Waals surface area contributed by atoms with E-state index in [0.717, 1.165) is 70.6 Å². The fourth-order valence-electron chi connectivity index (χ4n) is 7.04. The van der Waals surface area contributed by atoms with Gasteiger partial charge in [0.15, 0.2) is 6.10 Å². The molecule has 0 aliphatic rings. The van der Waals surface area contributed by atoms with Crippen LogP contribution in [0.4, 0.5) is 0 Å². The summed E-state index contributed by atoms with van der Waals surface area (Å²) in [4.78, 5) is 37.8. The second-order valence-corrected chi connectivity index (χ2v) is 16.8. The van der Waals surface area contributed by atoms with Crippen molar-refractivity contribution in [3.05, 3.63) is 60.8 Å². The topological polar surface area (TPSA) is 78.9 Å². The highest BCUT2D eigenvalue weighted by molar-refractivity contribution is 5.71. The van der Waals surface area contributed by atoms with Crippen molar-refractivity contribution in [2.75, 3.05) is 13.2 Å². The summed E-state index contributed by atoms with van der Waals surface area (Å²) in [6.45, 7) is 6.45. The van der Waals surface area contributed by atoms with Crippen molar-refractivity contribution in [1.82, 2.24) is 0 Å². The maximum atomic E-state index is 12.7. The smallest absolute Gasteiger partial charge is 0.306 e. The summed E-state index contributed by atoms with van der Waals surface area (Å²) in [5.74, 6) is -0.933. The van der Waals surface area contributed by atoms with Gasteiger partial charge in [-0.25, -0.2) is 0 Å². The third-order valence-electron chi connectivity index (χ3n) is 10.9. The van der Waals surface area contributed by atoms with Gasteiger partial charge in [-0.3, -0.25) is 14.4 Å². The molecule has 0 saturated carbocycles. The van der Waals surface area contributed by atoms with Crippen LogP contribution in [0.5, 0.6) is 0 Å². The van der Waals surface area contributed by atoms with Crippen LogP contribution in [-0.2, 0) is 28.6 Å². The standard InChI is InChI=1S/C54H94O6/c1-4-7-10-13-16-19-22-24-25-26-27-28-29-31-32-35-38-41-44-47-53(56)59-50-51(49-58-52(55)46-43-40-37-34-21-18-15-12-9-6-3)60-54(57)48-45-42-39-36-33-30-23-20-17-14-11-8-5-2/h8,11,14,17,20,23,26-27,30,33,51H,4-7,9-10,12-13,15-16,18-19,21-22,24-25,28-29,31-32,34-50H2,1-3H3/b11-8-,17-14-,23-20-,27-26-,33-30-. The maximum absolute atomic E-state index is 12.7. The van der Waals surface area contributed by atoms with E-state index < -0.39 is 6.10 Å². The molecule has 0 aromatic carbocycles. The largest absolute Gasteiger partial charge is 0.462 e. The predicted octanol–water partition coefficient (Wildman–Crippen LogP) is 16.5. The van der Waals surface area contributed by atoms with Gasteiger partial charge in [-0.2, -0.15) is 0 Å². The number of hydrogen-bond donors (Lipinski definition) is 0. The molecule has 6 heteroatoms. The van der Waals surface area contributed by atoms with Crippen molar-refractivity contribution in [2.24, 2.45) is 0 Å². The van der Waals surface area contributed by atoms with E-state index in [0.29, 0.717) is 12.8 Å². The average Bonchev–Trinajstić information content (AvgIpc) is 3.24. The number of carbonyl (C=O) groups is 3. The summed E-state index contributed by atoms with van der Waals surface area (Å²) >= 11 is 0. The molecular weight excluding hydrogens is 745 g/mol. The first-order chi connectivity index (χ1) is 29.5. The Balaban J connectivity index is 4.35. The van der Waals surface area contributed by atoms with Gasteiger partial charge in [-0.05, 0) is 64.2 Å². The molecule has 0 aliphatic heterocycles. The third kappa shape index (κ3) is 46.2. The van der Waals surface area contributed by atoms with Crippen LogP contribution in [0.2, 0.25) is 0 Å². The first-order valence-corrected chi connectivity index (χ1v) is 25.3. The first-order valence-electron chi connectivity index (χ1n) is 25.3. The van der Waals surface area contributed by atoms with Crippen molar-refractivity contribution in [2.45, 2.75) is 252 Å². The van der Waals surface area contributed by atoms with E-state index in [-0.39, 0.29) is 37.5 Å². The van der Waals surface area contributed by atoms with Crippen molar-refractivity contribution < 1.29 is 28.6 Å². The summed E-state index contributed by atoms with van der Waals surface area (Å²) in [5, 5.41) is 0. The van der Waals surface area contributed by atoms with E-state index in [1.165, 1.54) is 135 Å². The third-order valence-corrected chi connectivity index (χ3v) is 10.9. The minimum atomic E-state index is -0.792. The van der Waals surface area contributed by atoms with E-state index in [9.17, 15) is 14.4 Å². The van der Waals surface area contributed by atoms with Crippen molar-refractivity contribution in [3.8, 4) is 0 Å². The Hall–Kier alpha value is -2.89. The molecular formula is C54H94O6. The molecule has 1 atom stereocenters.